The molecule has 0 saturated heterocycles. The second-order valence-corrected chi connectivity index (χ2v) is 1.74. The number of oxime groups is 1. The molecule has 0 aliphatic heterocycles. The van der Waals surface area contributed by atoms with Gasteiger partial charge in [0.1, 0.15) is 0 Å². The number of hydrogen-bond donors (Lipinski definition) is 1. The molecule has 0 aromatic heterocycles. The van der Waals surface area contributed by atoms with Crippen LogP contribution in [0.15, 0.2) is 5.16 Å². The fraction of sp³-hybridized carbons (Fsp3) is 0.667. The quantitative estimate of drug-likeness (QED) is 0.301. The van der Waals surface area contributed by atoms with Gasteiger partial charge in [-0.25, -0.2) is 0 Å². The molecular formula is C3H3BrF3NO. The van der Waals surface area contributed by atoms with Crippen LogP contribution in [0.4, 0.5) is 13.2 Å². The molecule has 0 bridgehead atoms. The summed E-state index contributed by atoms with van der Waals surface area (Å²) in [6.45, 7) is 0. The van der Waals surface area contributed by atoms with Crippen LogP contribution in [0.3, 0.4) is 0 Å². The van der Waals surface area contributed by atoms with Crippen molar-refractivity contribution in [3.8, 4) is 0 Å². The van der Waals surface area contributed by atoms with Crippen molar-refractivity contribution in [2.24, 2.45) is 5.16 Å². The molecule has 0 spiro atoms. The first-order valence-electron chi connectivity index (χ1n) is 1.86. The minimum atomic E-state index is -4.53. The monoisotopic (exact) mass is 205 g/mol. The van der Waals surface area contributed by atoms with Crippen molar-refractivity contribution < 1.29 is 18.4 Å². The van der Waals surface area contributed by atoms with Gasteiger partial charge in [0.2, 0.25) is 0 Å². The average molecular weight is 206 g/mol. The van der Waals surface area contributed by atoms with Crippen LogP contribution in [0.2, 0.25) is 0 Å². The SMILES string of the molecule is O/N=C(\CBr)C(F)(F)F. The molecular weight excluding hydrogens is 203 g/mol. The molecule has 0 rings (SSSR count). The van der Waals surface area contributed by atoms with Gasteiger partial charge in [-0.15, -0.1) is 0 Å². The molecule has 0 unspecified atom stereocenters. The first kappa shape index (κ1) is 8.74. The summed E-state index contributed by atoms with van der Waals surface area (Å²) in [6.07, 6.45) is -4.53. The first-order valence-corrected chi connectivity index (χ1v) is 2.98. The lowest BCUT2D eigenvalue weighted by Crippen LogP contribution is -2.23. The second-order valence-electron chi connectivity index (χ2n) is 1.18. The lowest BCUT2D eigenvalue weighted by molar-refractivity contribution is -0.0609. The number of nitrogens with zero attached hydrogens (tertiary/aromatic N) is 1. The summed E-state index contributed by atoms with van der Waals surface area (Å²) in [4.78, 5) is 0. The summed E-state index contributed by atoms with van der Waals surface area (Å²) in [6, 6.07) is 0. The van der Waals surface area contributed by atoms with Gasteiger partial charge in [-0.2, -0.15) is 13.2 Å². The highest BCUT2D eigenvalue weighted by Gasteiger charge is 2.35. The fourth-order valence-corrected chi connectivity index (χ4v) is 0.589. The molecule has 0 atom stereocenters. The van der Waals surface area contributed by atoms with Gasteiger partial charge >= 0.3 is 6.18 Å². The maximum absolute atomic E-state index is 11.4. The smallest absolute Gasteiger partial charge is 0.411 e. The zero-order valence-electron chi connectivity index (χ0n) is 4.11. The van der Waals surface area contributed by atoms with Gasteiger partial charge in [0, 0.05) is 0 Å². The van der Waals surface area contributed by atoms with Crippen molar-refractivity contribution in [2.75, 3.05) is 5.33 Å². The molecule has 9 heavy (non-hydrogen) atoms. The predicted molar refractivity (Wildman–Crippen MR) is 29.1 cm³/mol. The molecule has 6 heteroatoms. The Balaban J connectivity index is 4.14. The molecule has 54 valence electrons. The second kappa shape index (κ2) is 3.05. The van der Waals surface area contributed by atoms with E-state index in [9.17, 15) is 13.2 Å². The third-order valence-corrected chi connectivity index (χ3v) is 1.11. The van der Waals surface area contributed by atoms with Gasteiger partial charge < -0.3 is 5.21 Å². The van der Waals surface area contributed by atoms with E-state index in [1.807, 2.05) is 5.16 Å². The van der Waals surface area contributed by atoms with Crippen molar-refractivity contribution in [2.45, 2.75) is 6.18 Å². The summed E-state index contributed by atoms with van der Waals surface area (Å²) in [5, 5.41) is 9.23. The Morgan fingerprint density at radius 2 is 2.00 bits per heavy atom. The molecule has 1 N–H and O–H groups in total. The Morgan fingerprint density at radius 3 is 2.00 bits per heavy atom. The maximum atomic E-state index is 11.4. The van der Waals surface area contributed by atoms with Crippen molar-refractivity contribution in [1.29, 1.82) is 0 Å². The van der Waals surface area contributed by atoms with Crippen molar-refractivity contribution in [1.82, 2.24) is 0 Å². The minimum Gasteiger partial charge on any atom is -0.411 e. The van der Waals surface area contributed by atoms with Gasteiger partial charge in [-0.05, 0) is 0 Å². The van der Waals surface area contributed by atoms with Gasteiger partial charge in [0.15, 0.2) is 5.71 Å². The molecule has 0 aliphatic carbocycles. The van der Waals surface area contributed by atoms with E-state index in [1.165, 1.54) is 0 Å². The molecule has 0 amide bonds. The maximum Gasteiger partial charge on any atom is 0.433 e. The van der Waals surface area contributed by atoms with E-state index in [2.05, 4.69) is 15.9 Å². The Hall–Kier alpha value is -0.260. The van der Waals surface area contributed by atoms with Crippen LogP contribution in [-0.4, -0.2) is 22.4 Å². The lowest BCUT2D eigenvalue weighted by Gasteiger charge is -2.02. The molecule has 0 fully saturated rings. The van der Waals surface area contributed by atoms with Crippen LogP contribution in [0, 0.1) is 0 Å². The molecule has 0 aromatic rings. The summed E-state index contributed by atoms with van der Waals surface area (Å²) < 4.78 is 34.2. The summed E-state index contributed by atoms with van der Waals surface area (Å²) in [7, 11) is 0. The third kappa shape index (κ3) is 2.69. The van der Waals surface area contributed by atoms with Crippen molar-refractivity contribution >= 4 is 21.6 Å². The molecule has 0 aliphatic rings. The van der Waals surface area contributed by atoms with Crippen LogP contribution < -0.4 is 0 Å². The van der Waals surface area contributed by atoms with E-state index in [0.717, 1.165) is 0 Å². The Morgan fingerprint density at radius 1 is 1.56 bits per heavy atom. The van der Waals surface area contributed by atoms with E-state index >= 15 is 0 Å². The number of alkyl halides is 4. The molecule has 0 radical (unpaired) electrons. The predicted octanol–water partition coefficient (Wildman–Crippen LogP) is 1.77. The van der Waals surface area contributed by atoms with E-state index in [0.29, 0.717) is 0 Å². The minimum absolute atomic E-state index is 0.493. The zero-order chi connectivity index (χ0) is 7.49. The van der Waals surface area contributed by atoms with E-state index in [-0.39, 0.29) is 0 Å². The van der Waals surface area contributed by atoms with Crippen LogP contribution >= 0.6 is 15.9 Å². The summed E-state index contributed by atoms with van der Waals surface area (Å²) >= 11 is 2.50. The highest BCUT2D eigenvalue weighted by molar-refractivity contribution is 9.09. The van der Waals surface area contributed by atoms with Crippen LogP contribution in [0.5, 0.6) is 0 Å². The number of halogens is 4. The molecule has 0 saturated carbocycles. The topological polar surface area (TPSA) is 32.6 Å². The van der Waals surface area contributed by atoms with E-state index < -0.39 is 17.2 Å². The van der Waals surface area contributed by atoms with Crippen molar-refractivity contribution in [3.63, 3.8) is 0 Å². The van der Waals surface area contributed by atoms with Gasteiger partial charge in [0.05, 0.1) is 5.33 Å². The Kier molecular flexibility index (Phi) is 2.96. The Bertz CT molecular complexity index is 121. The van der Waals surface area contributed by atoms with Crippen molar-refractivity contribution in [3.05, 3.63) is 0 Å². The largest absolute Gasteiger partial charge is 0.433 e. The zero-order valence-corrected chi connectivity index (χ0v) is 5.70. The van der Waals surface area contributed by atoms with E-state index in [4.69, 9.17) is 5.21 Å². The molecule has 0 heterocycles. The number of rotatable bonds is 1. The lowest BCUT2D eigenvalue weighted by atomic mass is 10.4. The fourth-order valence-electron chi connectivity index (χ4n) is 0.159. The van der Waals surface area contributed by atoms with Gasteiger partial charge in [-0.1, -0.05) is 21.1 Å². The van der Waals surface area contributed by atoms with Gasteiger partial charge in [0.25, 0.3) is 0 Å². The third-order valence-electron chi connectivity index (χ3n) is 0.575. The van der Waals surface area contributed by atoms with Crippen LogP contribution in [-0.2, 0) is 0 Å². The standard InChI is InChI=1S/C3H3BrF3NO/c4-1-2(8-9)3(5,6)7/h9H,1H2/b8-2+. The summed E-state index contributed by atoms with van der Waals surface area (Å²) in [5.74, 6) is 0. The average Bonchev–Trinajstić information content (AvgIpc) is 1.65. The summed E-state index contributed by atoms with van der Waals surface area (Å²) in [5.41, 5.74) is -1.23. The Labute approximate surface area is 57.5 Å². The normalized spacial score (nSPS) is 14.0. The van der Waals surface area contributed by atoms with Crippen LogP contribution in [0.25, 0.3) is 0 Å². The highest BCUT2D eigenvalue weighted by Crippen LogP contribution is 2.17. The number of hydrogen-bond acceptors (Lipinski definition) is 2. The first-order chi connectivity index (χ1) is 4.02. The van der Waals surface area contributed by atoms with Gasteiger partial charge in [-0.3, -0.25) is 0 Å². The molecule has 2 nitrogen and oxygen atoms in total. The highest BCUT2D eigenvalue weighted by atomic mass is 79.9. The molecule has 0 aromatic carbocycles. The van der Waals surface area contributed by atoms with E-state index in [1.54, 1.807) is 0 Å². The van der Waals surface area contributed by atoms with Crippen LogP contribution in [0.1, 0.15) is 0 Å².